The lowest BCUT2D eigenvalue weighted by Crippen LogP contribution is -2.48. The number of halogens is 3. The van der Waals surface area contributed by atoms with Crippen molar-refractivity contribution in [3.05, 3.63) is 106 Å². The Morgan fingerprint density at radius 3 is 2.44 bits per heavy atom. The summed E-state index contributed by atoms with van der Waals surface area (Å²) in [6, 6.07) is 17.4. The van der Waals surface area contributed by atoms with E-state index in [1.54, 1.807) is 36.5 Å². The Labute approximate surface area is 253 Å². The lowest BCUT2D eigenvalue weighted by Gasteiger charge is -2.35. The van der Waals surface area contributed by atoms with Crippen LogP contribution in [0.3, 0.4) is 0 Å². The van der Waals surface area contributed by atoms with Crippen LogP contribution in [-0.4, -0.2) is 51.7 Å². The van der Waals surface area contributed by atoms with Crippen LogP contribution in [-0.2, 0) is 6.54 Å². The fraction of sp³-hybridized carbons (Fsp3) is 0.273. The molecule has 3 aliphatic rings. The third-order valence-electron chi connectivity index (χ3n) is 8.67. The Morgan fingerprint density at radius 1 is 1.00 bits per heavy atom. The lowest BCUT2D eigenvalue weighted by molar-refractivity contribution is 0.0681. The summed E-state index contributed by atoms with van der Waals surface area (Å²) in [6.45, 7) is 0.133. The van der Waals surface area contributed by atoms with Crippen LogP contribution in [0, 0.1) is 11.6 Å². The fourth-order valence-electron chi connectivity index (χ4n) is 6.46. The summed E-state index contributed by atoms with van der Waals surface area (Å²) in [4.78, 5) is 29.0. The first-order valence-corrected chi connectivity index (χ1v) is 14.8. The van der Waals surface area contributed by atoms with Crippen LogP contribution in [0.15, 0.2) is 71.9 Å². The van der Waals surface area contributed by atoms with Gasteiger partial charge in [0.25, 0.3) is 5.91 Å². The molecule has 2 N–H and O–H groups in total. The molecular weight excluding hydrogens is 570 g/mol. The summed E-state index contributed by atoms with van der Waals surface area (Å²) in [7, 11) is 1.90. The number of hydrogen-bond acceptors (Lipinski definition) is 6. The van der Waals surface area contributed by atoms with Gasteiger partial charge in [0.05, 0.1) is 23.5 Å². The van der Waals surface area contributed by atoms with Gasteiger partial charge in [-0.15, -0.1) is 0 Å². The second-order valence-corrected chi connectivity index (χ2v) is 11.8. The molecule has 2 atom stereocenters. The maximum atomic E-state index is 14.8. The number of anilines is 2. The highest BCUT2D eigenvalue weighted by Crippen LogP contribution is 2.35. The average Bonchev–Trinajstić information content (AvgIpc) is 3.27. The molecule has 1 aromatic heterocycles. The van der Waals surface area contributed by atoms with Gasteiger partial charge in [0.2, 0.25) is 5.95 Å². The molecule has 7 nitrogen and oxygen atoms in total. The second-order valence-electron chi connectivity index (χ2n) is 11.4. The zero-order valence-corrected chi connectivity index (χ0v) is 24.2. The van der Waals surface area contributed by atoms with E-state index in [0.29, 0.717) is 51.0 Å². The third-order valence-corrected chi connectivity index (χ3v) is 8.90. The molecule has 7 rings (SSSR count). The van der Waals surface area contributed by atoms with E-state index >= 15 is 0 Å². The van der Waals surface area contributed by atoms with Crippen molar-refractivity contribution < 1.29 is 13.6 Å². The molecule has 0 spiro atoms. The van der Waals surface area contributed by atoms with Crippen LogP contribution in [0.4, 0.5) is 20.4 Å². The molecule has 0 saturated carbocycles. The van der Waals surface area contributed by atoms with Crippen LogP contribution in [0.25, 0.3) is 11.3 Å². The van der Waals surface area contributed by atoms with Gasteiger partial charge in [-0.05, 0) is 74.2 Å². The SMILES string of the molecule is CN(C(=O)c1ccc(Nc2ncc3c(n2)-c2ccc(Cl)cc2C(c2c(F)cccc2F)=NC3)cc1)C1CC2CCC(C1)N2. The second kappa shape index (κ2) is 11.1. The topological polar surface area (TPSA) is 82.5 Å². The highest BCUT2D eigenvalue weighted by atomic mass is 35.5. The van der Waals surface area contributed by atoms with Gasteiger partial charge in [-0.2, -0.15) is 0 Å². The number of aliphatic imine (C=N–C) groups is 1. The Kier molecular flexibility index (Phi) is 7.15. The van der Waals surface area contributed by atoms with E-state index in [1.165, 1.54) is 31.0 Å². The van der Waals surface area contributed by atoms with E-state index in [0.717, 1.165) is 18.5 Å². The number of carbonyl (C=O) groups is 1. The van der Waals surface area contributed by atoms with E-state index < -0.39 is 11.6 Å². The largest absolute Gasteiger partial charge is 0.339 e. The summed E-state index contributed by atoms with van der Waals surface area (Å²) >= 11 is 6.32. The van der Waals surface area contributed by atoms with Gasteiger partial charge in [0.1, 0.15) is 11.6 Å². The number of nitrogens with zero attached hydrogens (tertiary/aromatic N) is 4. The van der Waals surface area contributed by atoms with E-state index in [4.69, 9.17) is 16.6 Å². The molecule has 1 amide bonds. The molecule has 2 saturated heterocycles. The molecule has 2 unspecified atom stereocenters. The number of fused-ring (bicyclic) bond motifs is 5. The predicted octanol–water partition coefficient (Wildman–Crippen LogP) is 6.52. The molecule has 3 aromatic carbocycles. The molecule has 2 fully saturated rings. The average molecular weight is 599 g/mol. The van der Waals surface area contributed by atoms with Crippen molar-refractivity contribution in [1.29, 1.82) is 0 Å². The number of nitrogens with one attached hydrogen (secondary N) is 2. The summed E-state index contributed by atoms with van der Waals surface area (Å²) in [5, 5.41) is 7.26. The van der Waals surface area contributed by atoms with Gasteiger partial charge >= 0.3 is 0 Å². The highest BCUT2D eigenvalue weighted by molar-refractivity contribution is 6.31. The van der Waals surface area contributed by atoms with E-state index in [2.05, 4.69) is 20.6 Å². The molecule has 218 valence electrons. The van der Waals surface area contributed by atoms with Crippen molar-refractivity contribution in [3.63, 3.8) is 0 Å². The van der Waals surface area contributed by atoms with Crippen molar-refractivity contribution in [3.8, 4) is 11.3 Å². The highest BCUT2D eigenvalue weighted by Gasteiger charge is 2.36. The van der Waals surface area contributed by atoms with Crippen molar-refractivity contribution in [2.24, 2.45) is 4.99 Å². The first-order chi connectivity index (χ1) is 20.8. The van der Waals surface area contributed by atoms with Gasteiger partial charge in [0, 0.05) is 64.3 Å². The number of amides is 1. The van der Waals surface area contributed by atoms with E-state index in [1.807, 2.05) is 24.1 Å². The van der Waals surface area contributed by atoms with Crippen molar-refractivity contribution in [1.82, 2.24) is 20.2 Å². The summed E-state index contributed by atoms with van der Waals surface area (Å²) < 4.78 is 29.7. The number of hydrogen-bond donors (Lipinski definition) is 2. The molecule has 0 aliphatic carbocycles. The minimum atomic E-state index is -0.708. The van der Waals surface area contributed by atoms with Gasteiger partial charge in [0.15, 0.2) is 0 Å². The molecule has 0 radical (unpaired) electrons. The maximum absolute atomic E-state index is 14.8. The minimum Gasteiger partial charge on any atom is -0.339 e. The molecule has 2 bridgehead atoms. The fourth-order valence-corrected chi connectivity index (χ4v) is 6.63. The zero-order valence-electron chi connectivity index (χ0n) is 23.4. The summed E-state index contributed by atoms with van der Waals surface area (Å²) in [5.74, 6) is -1.07. The number of carbonyl (C=O) groups excluding carboxylic acids is 1. The number of piperidine rings is 1. The number of benzene rings is 3. The van der Waals surface area contributed by atoms with Crippen LogP contribution in [0.5, 0.6) is 0 Å². The molecule has 3 aliphatic heterocycles. The van der Waals surface area contributed by atoms with Crippen LogP contribution < -0.4 is 10.6 Å². The zero-order chi connectivity index (χ0) is 29.7. The van der Waals surface area contributed by atoms with Gasteiger partial charge in [-0.1, -0.05) is 23.7 Å². The normalized spacial score (nSPS) is 20.5. The van der Waals surface area contributed by atoms with E-state index in [9.17, 15) is 13.6 Å². The third kappa shape index (κ3) is 5.28. The van der Waals surface area contributed by atoms with Crippen LogP contribution in [0.2, 0.25) is 5.02 Å². The van der Waals surface area contributed by atoms with Gasteiger partial charge < -0.3 is 15.5 Å². The first-order valence-electron chi connectivity index (χ1n) is 14.4. The Balaban J connectivity index is 1.14. The van der Waals surface area contributed by atoms with E-state index in [-0.39, 0.29) is 29.8 Å². The molecule has 43 heavy (non-hydrogen) atoms. The Morgan fingerprint density at radius 2 is 1.72 bits per heavy atom. The van der Waals surface area contributed by atoms with Gasteiger partial charge in [-0.25, -0.2) is 18.7 Å². The number of aromatic nitrogens is 2. The summed E-state index contributed by atoms with van der Waals surface area (Å²) in [5.41, 5.74) is 3.71. The molecule has 4 heterocycles. The first kappa shape index (κ1) is 27.6. The van der Waals surface area contributed by atoms with Crippen LogP contribution >= 0.6 is 11.6 Å². The molecule has 4 aromatic rings. The number of rotatable bonds is 5. The Hall–Kier alpha value is -4.21. The summed E-state index contributed by atoms with van der Waals surface area (Å²) in [6.07, 6.45) is 6.01. The van der Waals surface area contributed by atoms with Crippen molar-refractivity contribution in [2.75, 3.05) is 12.4 Å². The Bertz CT molecular complexity index is 1730. The molecular formula is C33H29ClF2N6O. The maximum Gasteiger partial charge on any atom is 0.253 e. The molecule has 10 heteroatoms. The smallest absolute Gasteiger partial charge is 0.253 e. The standard InChI is InChI=1S/C33H29ClF2N6O/c1-42(24-14-22-10-11-23(15-24)39-22)32(43)18-5-8-21(9-6-18)40-33-38-17-19-16-37-31(29-27(35)3-2-4-28(29)36)26-13-20(34)7-12-25(26)30(19)41-33/h2-9,12-13,17,22-24,39H,10-11,14-16H2,1H3,(H,38,40,41). The minimum absolute atomic E-state index is 0.0106. The van der Waals surface area contributed by atoms with Crippen molar-refractivity contribution in [2.45, 2.75) is 50.4 Å². The predicted molar refractivity (Wildman–Crippen MR) is 163 cm³/mol. The van der Waals surface area contributed by atoms with Crippen LogP contribution in [0.1, 0.15) is 52.7 Å². The lowest BCUT2D eigenvalue weighted by atomic mass is 9.95. The monoisotopic (exact) mass is 598 g/mol. The van der Waals surface area contributed by atoms with Crippen molar-refractivity contribution >= 4 is 34.9 Å². The van der Waals surface area contributed by atoms with Gasteiger partial charge in [-0.3, -0.25) is 9.79 Å². The quantitative estimate of drug-likeness (QED) is 0.273.